The van der Waals surface area contributed by atoms with Gasteiger partial charge in [0.25, 0.3) is 5.91 Å². The molecule has 1 aromatic heterocycles. The average molecular weight is 375 g/mol. The number of hydrogen-bond donors (Lipinski definition) is 1. The Balaban J connectivity index is 1.68. The van der Waals surface area contributed by atoms with Crippen molar-refractivity contribution < 1.29 is 4.79 Å². The van der Waals surface area contributed by atoms with Crippen LogP contribution in [-0.2, 0) is 0 Å². The molecule has 1 fully saturated rings. The minimum Gasteiger partial charge on any atom is -0.337 e. The van der Waals surface area contributed by atoms with Gasteiger partial charge in [0, 0.05) is 36.8 Å². The fourth-order valence-electron chi connectivity index (χ4n) is 3.46. The lowest BCUT2D eigenvalue weighted by Gasteiger charge is -2.30. The summed E-state index contributed by atoms with van der Waals surface area (Å²) in [7, 11) is 1.85. The third-order valence-corrected chi connectivity index (χ3v) is 5.78. The molecule has 3 unspecified atom stereocenters. The Kier molecular flexibility index (Phi) is 5.99. The van der Waals surface area contributed by atoms with E-state index in [4.69, 9.17) is 11.6 Å². The van der Waals surface area contributed by atoms with Crippen molar-refractivity contribution in [1.29, 1.82) is 0 Å². The number of hydrogen-bond acceptors (Lipinski definition) is 3. The molecule has 6 heteroatoms. The number of carbonyl (C=O) groups is 1. The lowest BCUT2D eigenvalue weighted by molar-refractivity contribution is 0.0719. The molecule has 26 heavy (non-hydrogen) atoms. The molecule has 3 atom stereocenters. The Morgan fingerprint density at radius 1 is 1.31 bits per heavy atom. The van der Waals surface area contributed by atoms with Crippen LogP contribution < -0.4 is 5.32 Å². The second-order valence-electron chi connectivity index (χ2n) is 7.18. The Hall–Kier alpha value is -1.85. The molecule has 0 bridgehead atoms. The molecule has 2 aromatic rings. The molecule has 0 radical (unpaired) electrons. The first kappa shape index (κ1) is 18.9. The smallest absolute Gasteiger partial charge is 0.274 e. The monoisotopic (exact) mass is 374 g/mol. The Morgan fingerprint density at radius 3 is 2.69 bits per heavy atom. The largest absolute Gasteiger partial charge is 0.337 e. The number of nitrogens with one attached hydrogen (secondary N) is 1. The maximum atomic E-state index is 12.9. The quantitative estimate of drug-likeness (QED) is 0.867. The highest BCUT2D eigenvalue weighted by molar-refractivity contribution is 6.30. The predicted molar refractivity (Wildman–Crippen MR) is 105 cm³/mol. The van der Waals surface area contributed by atoms with Gasteiger partial charge in [0.1, 0.15) is 5.69 Å². The van der Waals surface area contributed by atoms with Crippen LogP contribution in [-0.4, -0.2) is 46.8 Å². The van der Waals surface area contributed by atoms with Crippen LogP contribution in [0.15, 0.2) is 36.5 Å². The minimum absolute atomic E-state index is 0.0409. The zero-order chi connectivity index (χ0) is 18.7. The van der Waals surface area contributed by atoms with Crippen LogP contribution in [0.1, 0.15) is 54.7 Å². The number of nitrogens with zero attached hydrogens (tertiary/aromatic N) is 3. The van der Waals surface area contributed by atoms with Gasteiger partial charge in [0.15, 0.2) is 0 Å². The van der Waals surface area contributed by atoms with Crippen molar-refractivity contribution >= 4 is 17.5 Å². The highest BCUT2D eigenvalue weighted by Crippen LogP contribution is 2.25. The van der Waals surface area contributed by atoms with Crippen LogP contribution in [0.5, 0.6) is 0 Å². The molecular formula is C20H27ClN4O. The second-order valence-corrected chi connectivity index (χ2v) is 7.61. The first-order chi connectivity index (χ1) is 12.5. The third kappa shape index (κ3) is 4.10. The van der Waals surface area contributed by atoms with E-state index < -0.39 is 0 Å². The van der Waals surface area contributed by atoms with E-state index in [0.717, 1.165) is 31.0 Å². The molecule has 3 rings (SSSR count). The number of rotatable bonds is 5. The summed E-state index contributed by atoms with van der Waals surface area (Å²) in [6.07, 6.45) is 4.16. The van der Waals surface area contributed by atoms with Crippen LogP contribution in [0.25, 0.3) is 0 Å². The molecule has 1 aromatic carbocycles. The molecule has 1 N–H and O–H groups in total. The summed E-state index contributed by atoms with van der Waals surface area (Å²) < 4.78 is 1.93. The van der Waals surface area contributed by atoms with E-state index in [2.05, 4.69) is 24.3 Å². The van der Waals surface area contributed by atoms with Crippen LogP contribution in [0.4, 0.5) is 0 Å². The number of amides is 1. The van der Waals surface area contributed by atoms with Gasteiger partial charge in [0.2, 0.25) is 0 Å². The maximum absolute atomic E-state index is 12.9. The number of carbonyl (C=O) groups excluding carboxylic acids is 1. The van der Waals surface area contributed by atoms with Gasteiger partial charge in [-0.25, -0.2) is 0 Å². The summed E-state index contributed by atoms with van der Waals surface area (Å²) >= 11 is 5.98. The number of piperidine rings is 1. The van der Waals surface area contributed by atoms with Crippen LogP contribution in [0.3, 0.4) is 0 Å². The SMILES string of the molecule is CC(c1ccc(Cl)cc1)C(C)N(C)C(=O)c1ccn(C2CCCNC2)n1. The summed E-state index contributed by atoms with van der Waals surface area (Å²) in [5.41, 5.74) is 1.67. The predicted octanol–water partition coefficient (Wildman–Crippen LogP) is 3.73. The van der Waals surface area contributed by atoms with Gasteiger partial charge in [-0.15, -0.1) is 0 Å². The van der Waals surface area contributed by atoms with E-state index in [9.17, 15) is 4.79 Å². The summed E-state index contributed by atoms with van der Waals surface area (Å²) in [6, 6.07) is 10.0. The summed E-state index contributed by atoms with van der Waals surface area (Å²) in [5, 5.41) is 8.66. The van der Waals surface area contributed by atoms with Crippen LogP contribution in [0, 0.1) is 0 Å². The van der Waals surface area contributed by atoms with Crippen molar-refractivity contribution in [3.63, 3.8) is 0 Å². The first-order valence-corrected chi connectivity index (χ1v) is 9.63. The molecule has 1 saturated heterocycles. The van der Waals surface area contributed by atoms with E-state index in [1.165, 1.54) is 5.56 Å². The Morgan fingerprint density at radius 2 is 2.04 bits per heavy atom. The first-order valence-electron chi connectivity index (χ1n) is 9.26. The standard InChI is InChI=1S/C20H27ClN4O/c1-14(16-6-8-17(21)9-7-16)15(2)24(3)20(26)19-10-12-25(23-19)18-5-4-11-22-13-18/h6-10,12,14-15,18,22H,4-5,11,13H2,1-3H3. The van der Waals surface area contributed by atoms with Gasteiger partial charge >= 0.3 is 0 Å². The van der Waals surface area contributed by atoms with E-state index in [-0.39, 0.29) is 17.9 Å². The van der Waals surface area contributed by atoms with Crippen molar-refractivity contribution in [1.82, 2.24) is 20.0 Å². The van der Waals surface area contributed by atoms with Gasteiger partial charge in [-0.3, -0.25) is 9.48 Å². The number of halogens is 1. The van der Waals surface area contributed by atoms with Gasteiger partial charge in [-0.1, -0.05) is 30.7 Å². The number of benzene rings is 1. The van der Waals surface area contributed by atoms with Crippen molar-refractivity contribution in [2.24, 2.45) is 0 Å². The molecule has 140 valence electrons. The van der Waals surface area contributed by atoms with Crippen molar-refractivity contribution in [2.45, 2.75) is 44.7 Å². The summed E-state index contributed by atoms with van der Waals surface area (Å²) in [5.74, 6) is 0.159. The van der Waals surface area contributed by atoms with Crippen molar-refractivity contribution in [2.75, 3.05) is 20.1 Å². The van der Waals surface area contributed by atoms with E-state index in [0.29, 0.717) is 11.7 Å². The normalized spacial score (nSPS) is 19.8. The van der Waals surface area contributed by atoms with E-state index in [1.54, 1.807) is 4.90 Å². The fraction of sp³-hybridized carbons (Fsp3) is 0.500. The van der Waals surface area contributed by atoms with Crippen molar-refractivity contribution in [3.05, 3.63) is 52.8 Å². The molecule has 1 aliphatic heterocycles. The molecule has 5 nitrogen and oxygen atoms in total. The Labute approximate surface area is 160 Å². The molecule has 1 amide bonds. The summed E-state index contributed by atoms with van der Waals surface area (Å²) in [6.45, 7) is 6.17. The van der Waals surface area contributed by atoms with Gasteiger partial charge in [0.05, 0.1) is 6.04 Å². The second kappa shape index (κ2) is 8.23. The lowest BCUT2D eigenvalue weighted by atomic mass is 9.93. The van der Waals surface area contributed by atoms with E-state index >= 15 is 0 Å². The maximum Gasteiger partial charge on any atom is 0.274 e. The van der Waals surface area contributed by atoms with Gasteiger partial charge in [-0.05, 0) is 50.1 Å². The molecule has 0 saturated carbocycles. The average Bonchev–Trinajstić information content (AvgIpc) is 3.17. The summed E-state index contributed by atoms with van der Waals surface area (Å²) in [4.78, 5) is 14.7. The minimum atomic E-state index is -0.0409. The van der Waals surface area contributed by atoms with Gasteiger partial charge in [-0.2, -0.15) is 5.10 Å². The molecule has 0 aliphatic carbocycles. The fourth-order valence-corrected chi connectivity index (χ4v) is 3.59. The number of aromatic nitrogens is 2. The third-order valence-electron chi connectivity index (χ3n) is 5.52. The molecule has 0 spiro atoms. The Bertz CT molecular complexity index is 737. The zero-order valence-electron chi connectivity index (χ0n) is 15.7. The van der Waals surface area contributed by atoms with Crippen LogP contribution in [0.2, 0.25) is 5.02 Å². The van der Waals surface area contributed by atoms with Gasteiger partial charge < -0.3 is 10.2 Å². The van der Waals surface area contributed by atoms with E-state index in [1.807, 2.05) is 48.3 Å². The van der Waals surface area contributed by atoms with Crippen molar-refractivity contribution in [3.8, 4) is 0 Å². The molecular weight excluding hydrogens is 348 g/mol. The number of likely N-dealkylation sites (N-methyl/N-ethyl adjacent to an activating group) is 1. The van der Waals surface area contributed by atoms with Crippen LogP contribution >= 0.6 is 11.6 Å². The zero-order valence-corrected chi connectivity index (χ0v) is 16.4. The lowest BCUT2D eigenvalue weighted by Crippen LogP contribution is -2.38. The molecule has 1 aliphatic rings. The highest BCUT2D eigenvalue weighted by Gasteiger charge is 2.25. The topological polar surface area (TPSA) is 50.2 Å². The molecule has 2 heterocycles. The highest BCUT2D eigenvalue weighted by atomic mass is 35.5.